The van der Waals surface area contributed by atoms with Crippen molar-refractivity contribution in [2.24, 2.45) is 10.9 Å². The highest BCUT2D eigenvalue weighted by Gasteiger charge is 2.10. The molecule has 16 heavy (non-hydrogen) atoms. The number of carbonyl (C=O) groups excluding carboxylic acids is 1. The van der Waals surface area contributed by atoms with Gasteiger partial charge in [0.2, 0.25) is 5.91 Å². The summed E-state index contributed by atoms with van der Waals surface area (Å²) in [5, 5.41) is 2.87. The summed E-state index contributed by atoms with van der Waals surface area (Å²) in [6, 6.07) is 0. The number of hydrogen-bond donors (Lipinski definition) is 1. The molecular formula is C13H22N2O. The van der Waals surface area contributed by atoms with Crippen molar-refractivity contribution in [1.82, 2.24) is 5.32 Å². The maximum absolute atomic E-state index is 11.6. The molecule has 0 aliphatic rings. The Hall–Kier alpha value is -1.38. The Kier molecular flexibility index (Phi) is 8.12. The van der Waals surface area contributed by atoms with Crippen LogP contribution in [0, 0.1) is 5.92 Å². The van der Waals surface area contributed by atoms with Crippen LogP contribution in [0.25, 0.3) is 0 Å². The Morgan fingerprint density at radius 3 is 2.75 bits per heavy atom. The van der Waals surface area contributed by atoms with Gasteiger partial charge in [0.1, 0.15) is 0 Å². The Morgan fingerprint density at radius 1 is 1.56 bits per heavy atom. The van der Waals surface area contributed by atoms with E-state index < -0.39 is 0 Å². The maximum atomic E-state index is 11.6. The summed E-state index contributed by atoms with van der Waals surface area (Å²) in [5.41, 5.74) is 0.844. The fraction of sp³-hybridized carbons (Fsp3) is 0.538. The van der Waals surface area contributed by atoms with Gasteiger partial charge in [-0.1, -0.05) is 39.0 Å². The van der Waals surface area contributed by atoms with Gasteiger partial charge in [-0.2, -0.15) is 0 Å². The fourth-order valence-corrected chi connectivity index (χ4v) is 1.31. The fourth-order valence-electron chi connectivity index (χ4n) is 1.31. The van der Waals surface area contributed by atoms with Gasteiger partial charge in [0.15, 0.2) is 0 Å². The van der Waals surface area contributed by atoms with E-state index in [2.05, 4.69) is 23.8 Å². The first-order valence-corrected chi connectivity index (χ1v) is 5.68. The van der Waals surface area contributed by atoms with E-state index >= 15 is 0 Å². The molecule has 3 nitrogen and oxygen atoms in total. The molecule has 1 amide bonds. The lowest BCUT2D eigenvalue weighted by Gasteiger charge is -2.10. The smallest absolute Gasteiger partial charge is 0.223 e. The number of carbonyl (C=O) groups is 1. The molecule has 0 aromatic rings. The molecule has 0 aliphatic heterocycles. The molecule has 90 valence electrons. The molecule has 0 aromatic heterocycles. The van der Waals surface area contributed by atoms with Crippen LogP contribution in [-0.4, -0.2) is 25.2 Å². The second-order valence-corrected chi connectivity index (χ2v) is 3.72. The van der Waals surface area contributed by atoms with Crippen molar-refractivity contribution in [2.45, 2.75) is 26.7 Å². The van der Waals surface area contributed by atoms with Crippen LogP contribution in [0.5, 0.6) is 0 Å². The van der Waals surface area contributed by atoms with Crippen LogP contribution in [0.3, 0.4) is 0 Å². The Labute approximate surface area is 98.3 Å². The van der Waals surface area contributed by atoms with Crippen molar-refractivity contribution in [3.05, 3.63) is 24.8 Å². The Morgan fingerprint density at radius 2 is 2.25 bits per heavy atom. The standard InChI is InChI=1S/C13H22N2O/c1-5-7-9-12(14-4)10-15-13(16)11(3)8-6-2/h5,7,9,11H,1,6,8,10H2,2-4H3,(H,15,16)/b9-7-,14-12?. The first-order valence-electron chi connectivity index (χ1n) is 5.68. The highest BCUT2D eigenvalue weighted by molar-refractivity contribution is 5.98. The first kappa shape index (κ1) is 14.6. The minimum atomic E-state index is 0.0755. The van der Waals surface area contributed by atoms with Gasteiger partial charge in [0.05, 0.1) is 12.3 Å². The lowest BCUT2D eigenvalue weighted by molar-refractivity contribution is -0.124. The maximum Gasteiger partial charge on any atom is 0.223 e. The monoisotopic (exact) mass is 222 g/mol. The highest BCUT2D eigenvalue weighted by Crippen LogP contribution is 2.04. The zero-order valence-corrected chi connectivity index (χ0v) is 10.5. The van der Waals surface area contributed by atoms with Gasteiger partial charge >= 0.3 is 0 Å². The molecule has 0 bridgehead atoms. The summed E-state index contributed by atoms with van der Waals surface area (Å²) in [6.45, 7) is 8.09. The second-order valence-electron chi connectivity index (χ2n) is 3.72. The summed E-state index contributed by atoms with van der Waals surface area (Å²) < 4.78 is 0. The third kappa shape index (κ3) is 6.17. The number of nitrogens with one attached hydrogen (secondary N) is 1. The predicted octanol–water partition coefficient (Wildman–Crippen LogP) is 2.35. The van der Waals surface area contributed by atoms with E-state index in [-0.39, 0.29) is 11.8 Å². The van der Waals surface area contributed by atoms with Gasteiger partial charge in [-0.3, -0.25) is 9.79 Å². The Bertz CT molecular complexity index is 280. The normalized spacial score (nSPS) is 13.8. The van der Waals surface area contributed by atoms with Crippen LogP contribution in [-0.2, 0) is 4.79 Å². The average molecular weight is 222 g/mol. The molecule has 0 rings (SSSR count). The second kappa shape index (κ2) is 8.89. The highest BCUT2D eigenvalue weighted by atomic mass is 16.1. The van der Waals surface area contributed by atoms with Crippen LogP contribution < -0.4 is 5.32 Å². The van der Waals surface area contributed by atoms with Gasteiger partial charge in [0, 0.05) is 13.0 Å². The molecule has 0 aliphatic carbocycles. The number of aliphatic imine (C=N–C) groups is 1. The molecule has 0 saturated carbocycles. The van der Waals surface area contributed by atoms with Crippen LogP contribution in [0.2, 0.25) is 0 Å². The van der Waals surface area contributed by atoms with E-state index in [9.17, 15) is 4.79 Å². The number of amides is 1. The van der Waals surface area contributed by atoms with Crippen molar-refractivity contribution in [1.29, 1.82) is 0 Å². The molecule has 1 N–H and O–H groups in total. The van der Waals surface area contributed by atoms with Crippen LogP contribution in [0.1, 0.15) is 26.7 Å². The molecule has 0 spiro atoms. The summed E-state index contributed by atoms with van der Waals surface area (Å²) in [4.78, 5) is 15.7. The quantitative estimate of drug-likeness (QED) is 0.521. The van der Waals surface area contributed by atoms with E-state index in [4.69, 9.17) is 0 Å². The number of rotatable bonds is 7. The molecular weight excluding hydrogens is 200 g/mol. The lowest BCUT2D eigenvalue weighted by Crippen LogP contribution is -2.33. The van der Waals surface area contributed by atoms with Crippen molar-refractivity contribution in [3.63, 3.8) is 0 Å². The van der Waals surface area contributed by atoms with Gasteiger partial charge in [-0.15, -0.1) is 0 Å². The van der Waals surface area contributed by atoms with Crippen molar-refractivity contribution < 1.29 is 4.79 Å². The van der Waals surface area contributed by atoms with Crippen LogP contribution >= 0.6 is 0 Å². The average Bonchev–Trinajstić information content (AvgIpc) is 2.29. The predicted molar refractivity (Wildman–Crippen MR) is 69.8 cm³/mol. The summed E-state index contributed by atoms with van der Waals surface area (Å²) in [5.74, 6) is 0.168. The number of allylic oxidation sites excluding steroid dienone is 2. The van der Waals surface area contributed by atoms with Crippen LogP contribution in [0.15, 0.2) is 29.8 Å². The summed E-state index contributed by atoms with van der Waals surface area (Å²) >= 11 is 0. The third-order valence-corrected chi connectivity index (χ3v) is 2.32. The molecule has 1 atom stereocenters. The molecule has 3 heteroatoms. The zero-order chi connectivity index (χ0) is 12.4. The number of hydrogen-bond acceptors (Lipinski definition) is 2. The largest absolute Gasteiger partial charge is 0.350 e. The van der Waals surface area contributed by atoms with Gasteiger partial charge in [-0.05, 0) is 12.5 Å². The molecule has 0 radical (unpaired) electrons. The summed E-state index contributed by atoms with van der Waals surface area (Å²) in [7, 11) is 1.71. The molecule has 0 heterocycles. The van der Waals surface area contributed by atoms with Gasteiger partial charge in [0.25, 0.3) is 0 Å². The molecule has 0 saturated heterocycles. The SMILES string of the molecule is C=C/C=C\C(CNC(=O)C(C)CCC)=NC. The topological polar surface area (TPSA) is 41.5 Å². The van der Waals surface area contributed by atoms with E-state index in [0.717, 1.165) is 18.6 Å². The van der Waals surface area contributed by atoms with Gasteiger partial charge < -0.3 is 5.32 Å². The van der Waals surface area contributed by atoms with Crippen molar-refractivity contribution in [2.75, 3.05) is 13.6 Å². The van der Waals surface area contributed by atoms with E-state index in [1.807, 2.05) is 19.1 Å². The zero-order valence-electron chi connectivity index (χ0n) is 10.5. The molecule has 0 aromatic carbocycles. The minimum absolute atomic E-state index is 0.0755. The van der Waals surface area contributed by atoms with Crippen LogP contribution in [0.4, 0.5) is 0 Å². The number of nitrogens with zero attached hydrogens (tertiary/aromatic N) is 1. The van der Waals surface area contributed by atoms with E-state index in [1.165, 1.54) is 0 Å². The van der Waals surface area contributed by atoms with Gasteiger partial charge in [-0.25, -0.2) is 0 Å². The third-order valence-electron chi connectivity index (χ3n) is 2.32. The van der Waals surface area contributed by atoms with E-state index in [0.29, 0.717) is 6.54 Å². The molecule has 1 unspecified atom stereocenters. The van der Waals surface area contributed by atoms with Crippen molar-refractivity contribution >= 4 is 11.6 Å². The lowest BCUT2D eigenvalue weighted by atomic mass is 10.1. The molecule has 0 fully saturated rings. The summed E-state index contributed by atoms with van der Waals surface area (Å²) in [6.07, 6.45) is 7.29. The first-order chi connectivity index (χ1) is 7.65. The minimum Gasteiger partial charge on any atom is -0.350 e. The van der Waals surface area contributed by atoms with E-state index in [1.54, 1.807) is 13.1 Å². The van der Waals surface area contributed by atoms with Crippen molar-refractivity contribution in [3.8, 4) is 0 Å². The Balaban J connectivity index is 4.07.